The molecule has 0 amide bonds. The van der Waals surface area contributed by atoms with Crippen LogP contribution in [0.25, 0.3) is 11.0 Å². The molecular formula is C19H17Cl2NO5S. The van der Waals surface area contributed by atoms with Crippen LogP contribution in [-0.4, -0.2) is 20.5 Å². The molecule has 1 heterocycles. The van der Waals surface area contributed by atoms with Gasteiger partial charge in [0.1, 0.15) is 21.8 Å². The third kappa shape index (κ3) is 4.11. The smallest absolute Gasteiger partial charge is 0.342 e. The van der Waals surface area contributed by atoms with Crippen molar-refractivity contribution in [3.05, 3.63) is 57.8 Å². The van der Waals surface area contributed by atoms with E-state index in [9.17, 15) is 13.2 Å². The van der Waals surface area contributed by atoms with E-state index in [1.807, 2.05) is 0 Å². The lowest BCUT2D eigenvalue weighted by Crippen LogP contribution is -2.14. The monoisotopic (exact) mass is 441 g/mol. The zero-order chi connectivity index (χ0) is 20.6. The highest BCUT2D eigenvalue weighted by Crippen LogP contribution is 2.31. The van der Waals surface area contributed by atoms with Crippen molar-refractivity contribution >= 4 is 55.9 Å². The van der Waals surface area contributed by atoms with E-state index < -0.39 is 16.0 Å². The van der Waals surface area contributed by atoms with Crippen LogP contribution in [0.5, 0.6) is 0 Å². The average Bonchev–Trinajstić information content (AvgIpc) is 2.91. The van der Waals surface area contributed by atoms with Gasteiger partial charge < -0.3 is 9.15 Å². The molecule has 6 nitrogen and oxygen atoms in total. The largest absolute Gasteiger partial charge is 0.460 e. The first kappa shape index (κ1) is 20.5. The van der Waals surface area contributed by atoms with E-state index in [0.717, 1.165) is 0 Å². The summed E-state index contributed by atoms with van der Waals surface area (Å²) in [5.41, 5.74) is 0.936. The Bertz CT molecular complexity index is 1170. The molecular weight excluding hydrogens is 425 g/mol. The number of aryl methyl sites for hydroxylation is 1. The lowest BCUT2D eigenvalue weighted by atomic mass is 10.1. The minimum Gasteiger partial charge on any atom is -0.460 e. The Hall–Kier alpha value is -2.22. The summed E-state index contributed by atoms with van der Waals surface area (Å²) >= 11 is 11.9. The number of carbonyl (C=O) groups excluding carboxylic acids is 1. The number of fused-ring (bicyclic) bond motifs is 1. The fourth-order valence-corrected chi connectivity index (χ4v) is 4.52. The molecule has 3 aromatic rings. The summed E-state index contributed by atoms with van der Waals surface area (Å²) in [5.74, 6) is -0.150. The molecule has 0 aliphatic rings. The van der Waals surface area contributed by atoms with Gasteiger partial charge >= 0.3 is 5.97 Å². The lowest BCUT2D eigenvalue weighted by molar-refractivity contribution is 0.0378. The van der Waals surface area contributed by atoms with Gasteiger partial charge in [0.05, 0.1) is 11.1 Å². The number of benzene rings is 2. The minimum absolute atomic E-state index is 0.0401. The van der Waals surface area contributed by atoms with E-state index in [0.29, 0.717) is 16.7 Å². The van der Waals surface area contributed by atoms with Crippen molar-refractivity contribution in [3.63, 3.8) is 0 Å². The van der Waals surface area contributed by atoms with Gasteiger partial charge in [-0.15, -0.1) is 0 Å². The van der Waals surface area contributed by atoms with Gasteiger partial charge in [0.25, 0.3) is 10.0 Å². The number of nitrogens with one attached hydrogen (secondary N) is 1. The predicted octanol–water partition coefficient (Wildman–Crippen LogP) is 5.41. The highest BCUT2D eigenvalue weighted by atomic mass is 35.5. The Balaban J connectivity index is 2.02. The minimum atomic E-state index is -3.99. The van der Waals surface area contributed by atoms with Gasteiger partial charge in [-0.05, 0) is 57.2 Å². The Morgan fingerprint density at radius 3 is 2.54 bits per heavy atom. The van der Waals surface area contributed by atoms with Crippen molar-refractivity contribution in [2.75, 3.05) is 4.72 Å². The Morgan fingerprint density at radius 2 is 1.86 bits per heavy atom. The van der Waals surface area contributed by atoms with Gasteiger partial charge in [0.2, 0.25) is 0 Å². The highest BCUT2D eigenvalue weighted by Gasteiger charge is 2.23. The zero-order valence-electron chi connectivity index (χ0n) is 15.2. The zero-order valence-corrected chi connectivity index (χ0v) is 17.6. The fourth-order valence-electron chi connectivity index (χ4n) is 2.70. The molecule has 0 unspecified atom stereocenters. The summed E-state index contributed by atoms with van der Waals surface area (Å²) in [5, 5.41) is 0.725. The van der Waals surface area contributed by atoms with Gasteiger partial charge in [-0.2, -0.15) is 0 Å². The van der Waals surface area contributed by atoms with E-state index in [4.69, 9.17) is 32.4 Å². The third-order valence-corrected chi connectivity index (χ3v) is 5.94. The molecule has 3 rings (SSSR count). The maximum atomic E-state index is 12.7. The topological polar surface area (TPSA) is 85.6 Å². The molecule has 0 aliphatic carbocycles. The van der Waals surface area contributed by atoms with Crippen LogP contribution in [0.3, 0.4) is 0 Å². The quantitative estimate of drug-likeness (QED) is 0.534. The average molecular weight is 442 g/mol. The SMILES string of the molecule is Cc1oc2ccc(NS(=O)(=O)c3cc(Cl)ccc3Cl)cc2c1C(=O)OC(C)C. The summed E-state index contributed by atoms with van der Waals surface area (Å²) < 4.78 is 38.7. The predicted molar refractivity (Wildman–Crippen MR) is 109 cm³/mol. The molecule has 0 saturated heterocycles. The van der Waals surface area contributed by atoms with Crippen molar-refractivity contribution in [1.82, 2.24) is 0 Å². The number of esters is 1. The van der Waals surface area contributed by atoms with Gasteiger partial charge in [-0.25, -0.2) is 13.2 Å². The fraction of sp³-hybridized carbons (Fsp3) is 0.211. The van der Waals surface area contributed by atoms with Crippen LogP contribution in [0.15, 0.2) is 45.7 Å². The van der Waals surface area contributed by atoms with E-state index in [1.165, 1.54) is 30.3 Å². The normalized spacial score (nSPS) is 11.8. The third-order valence-electron chi connectivity index (χ3n) is 3.85. The first-order valence-corrected chi connectivity index (χ1v) is 10.5. The number of halogens is 2. The molecule has 0 atom stereocenters. The van der Waals surface area contributed by atoms with Crippen LogP contribution in [0.4, 0.5) is 5.69 Å². The number of hydrogen-bond donors (Lipinski definition) is 1. The molecule has 0 bridgehead atoms. The van der Waals surface area contributed by atoms with Gasteiger partial charge in [0.15, 0.2) is 0 Å². The second-order valence-corrected chi connectivity index (χ2v) is 8.87. The first-order valence-electron chi connectivity index (χ1n) is 8.30. The van der Waals surface area contributed by atoms with Crippen molar-refractivity contribution in [3.8, 4) is 0 Å². The molecule has 0 aliphatic heterocycles. The highest BCUT2D eigenvalue weighted by molar-refractivity contribution is 7.92. The number of carbonyl (C=O) groups is 1. The van der Waals surface area contributed by atoms with Crippen LogP contribution in [-0.2, 0) is 14.8 Å². The van der Waals surface area contributed by atoms with E-state index in [-0.39, 0.29) is 32.3 Å². The summed E-state index contributed by atoms with van der Waals surface area (Å²) in [4.78, 5) is 12.2. The Labute approximate surface area is 172 Å². The molecule has 28 heavy (non-hydrogen) atoms. The van der Waals surface area contributed by atoms with Crippen molar-refractivity contribution in [2.45, 2.75) is 31.8 Å². The molecule has 0 radical (unpaired) electrons. The van der Waals surface area contributed by atoms with Crippen LogP contribution >= 0.6 is 23.2 Å². The summed E-state index contributed by atoms with van der Waals surface area (Å²) in [6.07, 6.45) is -0.302. The molecule has 0 spiro atoms. The number of ether oxygens (including phenoxy) is 1. The Kier molecular flexibility index (Phi) is 5.61. The number of furan rings is 1. The molecule has 0 saturated carbocycles. The number of hydrogen-bond acceptors (Lipinski definition) is 5. The van der Waals surface area contributed by atoms with E-state index >= 15 is 0 Å². The van der Waals surface area contributed by atoms with Crippen LogP contribution in [0, 0.1) is 6.92 Å². The van der Waals surface area contributed by atoms with Crippen molar-refractivity contribution in [2.24, 2.45) is 0 Å². The maximum Gasteiger partial charge on any atom is 0.342 e. The molecule has 1 N–H and O–H groups in total. The molecule has 2 aromatic carbocycles. The number of anilines is 1. The van der Waals surface area contributed by atoms with Crippen molar-refractivity contribution < 1.29 is 22.4 Å². The number of rotatable bonds is 5. The standard InChI is InChI=1S/C19H17Cl2NO5S/c1-10(2)26-19(23)18-11(3)27-16-7-5-13(9-14(16)18)22-28(24,25)17-8-12(20)4-6-15(17)21/h4-10,22H,1-3H3. The molecule has 9 heteroatoms. The maximum absolute atomic E-state index is 12.7. The number of sulfonamides is 1. The van der Waals surface area contributed by atoms with Crippen LogP contribution in [0.2, 0.25) is 10.0 Å². The van der Waals surface area contributed by atoms with Crippen LogP contribution in [0.1, 0.15) is 30.0 Å². The molecule has 0 fully saturated rings. The summed E-state index contributed by atoms with van der Waals surface area (Å²) in [7, 11) is -3.99. The van der Waals surface area contributed by atoms with Crippen LogP contribution < -0.4 is 4.72 Å². The second-order valence-electron chi connectivity index (χ2n) is 6.38. The molecule has 148 valence electrons. The second kappa shape index (κ2) is 7.66. The van der Waals surface area contributed by atoms with Gasteiger partial charge in [0, 0.05) is 16.1 Å². The molecule has 1 aromatic heterocycles. The van der Waals surface area contributed by atoms with E-state index in [1.54, 1.807) is 26.8 Å². The van der Waals surface area contributed by atoms with Crippen molar-refractivity contribution in [1.29, 1.82) is 0 Å². The summed E-state index contributed by atoms with van der Waals surface area (Å²) in [6, 6.07) is 8.78. The first-order chi connectivity index (χ1) is 13.1. The lowest BCUT2D eigenvalue weighted by Gasteiger charge is -2.10. The summed E-state index contributed by atoms with van der Waals surface area (Å²) in [6.45, 7) is 5.13. The van der Waals surface area contributed by atoms with Gasteiger partial charge in [-0.1, -0.05) is 23.2 Å². The van der Waals surface area contributed by atoms with E-state index in [2.05, 4.69) is 4.72 Å². The van der Waals surface area contributed by atoms with Gasteiger partial charge in [-0.3, -0.25) is 4.72 Å². The Morgan fingerprint density at radius 1 is 1.14 bits per heavy atom.